The van der Waals surface area contributed by atoms with Crippen LogP contribution in [0.25, 0.3) is 17.0 Å². The third kappa shape index (κ3) is 7.96. The summed E-state index contributed by atoms with van der Waals surface area (Å²) in [5.74, 6) is 0.870. The number of pyridine rings is 1. The number of carboxylic acid groups (broad SMARTS) is 1. The minimum absolute atomic E-state index is 0.0163. The second-order valence-corrected chi connectivity index (χ2v) is 12.3. The molecule has 0 atom stereocenters. The van der Waals surface area contributed by atoms with Gasteiger partial charge in [0.15, 0.2) is 11.5 Å². The lowest BCUT2D eigenvalue weighted by Gasteiger charge is -2.39. The molecule has 0 bridgehead atoms. The Morgan fingerprint density at radius 3 is 2.44 bits per heavy atom. The number of carboxylic acids is 1. The summed E-state index contributed by atoms with van der Waals surface area (Å²) in [5.41, 5.74) is 1.50. The lowest BCUT2D eigenvalue weighted by atomic mass is 10.0. The van der Waals surface area contributed by atoms with Crippen LogP contribution in [0.4, 0.5) is 4.79 Å². The average Bonchev–Trinajstić information content (AvgIpc) is 3.01. The zero-order valence-corrected chi connectivity index (χ0v) is 26.3. The van der Waals surface area contributed by atoms with Gasteiger partial charge >= 0.3 is 12.1 Å². The average molecular weight is 620 g/mol. The minimum Gasteiger partial charge on any atom is -0.497 e. The number of nitrogens with zero attached hydrogens (tertiary/aromatic N) is 3. The molecule has 3 aromatic rings. The molecule has 1 aromatic heterocycles. The molecule has 2 aliphatic rings. The van der Waals surface area contributed by atoms with Gasteiger partial charge in [0.1, 0.15) is 24.6 Å². The van der Waals surface area contributed by atoms with E-state index >= 15 is 0 Å². The van der Waals surface area contributed by atoms with Gasteiger partial charge in [-0.15, -0.1) is 0 Å². The van der Waals surface area contributed by atoms with Gasteiger partial charge in [-0.3, -0.25) is 4.79 Å². The molecule has 0 unspecified atom stereocenters. The summed E-state index contributed by atoms with van der Waals surface area (Å²) in [6.07, 6.45) is 3.74. The quantitative estimate of drug-likeness (QED) is 0.338. The fraction of sp³-hybridized carbons (Fsp3) is 0.441. The van der Waals surface area contributed by atoms with Crippen LogP contribution < -0.4 is 19.8 Å². The number of benzene rings is 2. The van der Waals surface area contributed by atoms with Crippen molar-refractivity contribution in [3.63, 3.8) is 0 Å². The molecule has 5 rings (SSSR count). The van der Waals surface area contributed by atoms with E-state index in [1.807, 2.05) is 43.9 Å². The van der Waals surface area contributed by atoms with Crippen molar-refractivity contribution in [1.29, 1.82) is 0 Å². The molecule has 0 saturated carbocycles. The summed E-state index contributed by atoms with van der Waals surface area (Å²) in [7, 11) is 1.54. The van der Waals surface area contributed by atoms with Gasteiger partial charge in [-0.2, -0.15) is 0 Å². The fourth-order valence-corrected chi connectivity index (χ4v) is 5.79. The first kappa shape index (κ1) is 31.9. The molecule has 0 aliphatic carbocycles. The highest BCUT2D eigenvalue weighted by Crippen LogP contribution is 2.32. The normalized spacial score (nSPS) is 15.7. The molecule has 1 saturated heterocycles. The van der Waals surface area contributed by atoms with E-state index in [4.69, 9.17) is 24.1 Å². The number of likely N-dealkylation sites (tertiary alicyclic amines) is 1. The highest BCUT2D eigenvalue weighted by molar-refractivity contribution is 5.93. The van der Waals surface area contributed by atoms with Crippen LogP contribution in [0.3, 0.4) is 0 Å². The molecular formula is C34H41N3O8. The van der Waals surface area contributed by atoms with Gasteiger partial charge in [0.25, 0.3) is 5.56 Å². The van der Waals surface area contributed by atoms with E-state index in [1.165, 1.54) is 19.3 Å². The number of aromatic nitrogens is 1. The Hall–Kier alpha value is -4.51. The number of aliphatic carboxylic acids is 1. The number of ether oxygens (including phenoxy) is 4. The van der Waals surface area contributed by atoms with Gasteiger partial charge in [-0.1, -0.05) is 6.07 Å². The Morgan fingerprint density at radius 1 is 1.02 bits per heavy atom. The van der Waals surface area contributed by atoms with Crippen molar-refractivity contribution in [2.24, 2.45) is 0 Å². The Labute approximate surface area is 262 Å². The Bertz CT molecular complexity index is 1630. The molecule has 0 radical (unpaired) electrons. The number of piperidine rings is 1. The molecule has 3 heterocycles. The van der Waals surface area contributed by atoms with Gasteiger partial charge in [0.05, 0.1) is 12.6 Å². The maximum absolute atomic E-state index is 13.4. The van der Waals surface area contributed by atoms with Gasteiger partial charge in [-0.05, 0) is 75.1 Å². The number of hydrogen-bond donors (Lipinski definition) is 1. The number of carbonyl (C=O) groups excluding carboxylic acids is 1. The lowest BCUT2D eigenvalue weighted by Crippen LogP contribution is -2.49. The largest absolute Gasteiger partial charge is 0.497 e. The summed E-state index contributed by atoms with van der Waals surface area (Å²) in [4.78, 5) is 41.7. The molecule has 1 N–H and O–H groups in total. The van der Waals surface area contributed by atoms with E-state index in [1.54, 1.807) is 22.8 Å². The number of rotatable bonds is 9. The monoisotopic (exact) mass is 619 g/mol. The van der Waals surface area contributed by atoms with E-state index in [2.05, 4.69) is 4.90 Å². The van der Waals surface area contributed by atoms with E-state index in [-0.39, 0.29) is 17.7 Å². The van der Waals surface area contributed by atoms with Crippen molar-refractivity contribution in [2.75, 3.05) is 40.0 Å². The van der Waals surface area contributed by atoms with Crippen molar-refractivity contribution >= 4 is 29.0 Å². The predicted molar refractivity (Wildman–Crippen MR) is 170 cm³/mol. The van der Waals surface area contributed by atoms with Crippen molar-refractivity contribution in [2.45, 2.75) is 58.3 Å². The maximum Gasteiger partial charge on any atom is 0.410 e. The Kier molecular flexibility index (Phi) is 9.67. The predicted octanol–water partition coefficient (Wildman–Crippen LogP) is 4.78. The van der Waals surface area contributed by atoms with Crippen molar-refractivity contribution in [1.82, 2.24) is 14.4 Å². The molecular weight excluding hydrogens is 578 g/mol. The number of hydrogen-bond acceptors (Lipinski definition) is 8. The topological polar surface area (TPSA) is 120 Å². The second-order valence-electron chi connectivity index (χ2n) is 12.3. The van der Waals surface area contributed by atoms with Crippen LogP contribution in [-0.4, -0.2) is 83.1 Å². The molecule has 0 spiro atoms. The molecule has 240 valence electrons. The molecule has 2 aliphatic heterocycles. The maximum atomic E-state index is 13.4. The summed E-state index contributed by atoms with van der Waals surface area (Å²) in [5, 5.41) is 9.90. The minimum atomic E-state index is -1.06. The molecule has 11 heteroatoms. The van der Waals surface area contributed by atoms with Crippen LogP contribution in [0.15, 0.2) is 53.3 Å². The standard InChI is InChI=1S/C34H41N3O8/c1-34(2,3)45-33(41)37(22-23-5-8-29-30(19-23)44-18-17-43-29)25-11-13-35(14-12-25)15-16-36-28-21-26(42-4)20-24(6-10-32(39)40)27(28)7-9-31(36)38/h5-10,19-21,25H,11-18,22H2,1-4H3,(H,39,40). The van der Waals surface area contributed by atoms with E-state index in [9.17, 15) is 14.4 Å². The summed E-state index contributed by atoms with van der Waals surface area (Å²) in [6.45, 7) is 9.59. The smallest absolute Gasteiger partial charge is 0.410 e. The van der Waals surface area contributed by atoms with E-state index < -0.39 is 11.6 Å². The number of carbonyl (C=O) groups is 2. The van der Waals surface area contributed by atoms with Crippen LogP contribution in [0, 0.1) is 0 Å². The van der Waals surface area contributed by atoms with Crippen LogP contribution >= 0.6 is 0 Å². The highest BCUT2D eigenvalue weighted by atomic mass is 16.6. The fourth-order valence-electron chi connectivity index (χ4n) is 5.79. The summed E-state index contributed by atoms with van der Waals surface area (Å²) < 4.78 is 24.4. The lowest BCUT2D eigenvalue weighted by molar-refractivity contribution is -0.131. The van der Waals surface area contributed by atoms with Crippen LogP contribution in [-0.2, 0) is 22.6 Å². The number of fused-ring (bicyclic) bond motifs is 2. The first-order valence-corrected chi connectivity index (χ1v) is 15.2. The van der Waals surface area contributed by atoms with Crippen LogP contribution in [0.5, 0.6) is 17.2 Å². The highest BCUT2D eigenvalue weighted by Gasteiger charge is 2.31. The number of amides is 1. The molecule has 1 fully saturated rings. The Balaban J connectivity index is 1.29. The van der Waals surface area contributed by atoms with Gasteiger partial charge in [0, 0.05) is 62.4 Å². The SMILES string of the molecule is COc1cc(C=CC(=O)O)c2ccc(=O)n(CCN3CCC(N(Cc4ccc5c(c4)OCCO5)C(=O)OC(C)(C)C)CC3)c2c1. The summed E-state index contributed by atoms with van der Waals surface area (Å²) >= 11 is 0. The third-order valence-electron chi connectivity index (χ3n) is 7.98. The van der Waals surface area contributed by atoms with Crippen molar-refractivity contribution in [3.8, 4) is 17.2 Å². The third-order valence-corrected chi connectivity index (χ3v) is 7.98. The molecule has 2 aromatic carbocycles. The first-order chi connectivity index (χ1) is 21.5. The van der Waals surface area contributed by atoms with E-state index in [0.29, 0.717) is 61.2 Å². The van der Waals surface area contributed by atoms with Gasteiger partial charge in [0.2, 0.25) is 0 Å². The zero-order chi connectivity index (χ0) is 32.1. The molecule has 45 heavy (non-hydrogen) atoms. The van der Waals surface area contributed by atoms with Crippen LogP contribution in [0.1, 0.15) is 44.7 Å². The van der Waals surface area contributed by atoms with Crippen molar-refractivity contribution < 1.29 is 33.6 Å². The Morgan fingerprint density at radius 2 is 1.76 bits per heavy atom. The number of methoxy groups -OCH3 is 1. The molecule has 1 amide bonds. The summed E-state index contributed by atoms with van der Waals surface area (Å²) in [6, 6.07) is 12.5. The van der Waals surface area contributed by atoms with Crippen LogP contribution in [0.2, 0.25) is 0 Å². The second kappa shape index (κ2) is 13.6. The van der Waals surface area contributed by atoms with E-state index in [0.717, 1.165) is 43.0 Å². The van der Waals surface area contributed by atoms with Gasteiger partial charge < -0.3 is 38.4 Å². The van der Waals surface area contributed by atoms with Crippen molar-refractivity contribution in [3.05, 3.63) is 70.0 Å². The van der Waals surface area contributed by atoms with Gasteiger partial charge in [-0.25, -0.2) is 9.59 Å². The zero-order valence-electron chi connectivity index (χ0n) is 26.3. The first-order valence-electron chi connectivity index (χ1n) is 15.2. The molecule has 11 nitrogen and oxygen atoms in total.